The van der Waals surface area contributed by atoms with Gasteiger partial charge in [0.1, 0.15) is 0 Å². The summed E-state index contributed by atoms with van der Waals surface area (Å²) < 4.78 is 0. The lowest BCUT2D eigenvalue weighted by molar-refractivity contribution is -0.139. The van der Waals surface area contributed by atoms with Crippen LogP contribution in [-0.2, 0) is 4.79 Å². The number of amides is 1. The van der Waals surface area contributed by atoms with Crippen molar-refractivity contribution in [1.29, 1.82) is 0 Å². The molecule has 4 fully saturated rings. The Morgan fingerprint density at radius 1 is 0.952 bits per heavy atom. The number of nitrogens with one attached hydrogen (secondary N) is 1. The highest BCUT2D eigenvalue weighted by Gasteiger charge is 2.46. The Kier molecular flexibility index (Phi) is 3.72. The van der Waals surface area contributed by atoms with E-state index in [9.17, 15) is 4.79 Å². The first kappa shape index (κ1) is 14.0. The maximum atomic E-state index is 13.1. The fraction of sp³-hybridized carbons (Fsp3) is 0.944. The maximum absolute atomic E-state index is 13.1. The first-order chi connectivity index (χ1) is 10.3. The second-order valence-electron chi connectivity index (χ2n) is 8.09. The molecule has 4 aliphatic rings. The van der Waals surface area contributed by atoms with Crippen LogP contribution in [0.25, 0.3) is 0 Å². The van der Waals surface area contributed by atoms with Gasteiger partial charge in [-0.2, -0.15) is 0 Å². The van der Waals surface area contributed by atoms with Crippen LogP contribution < -0.4 is 5.32 Å². The Hall–Kier alpha value is -0.570. The molecule has 0 aromatic carbocycles. The number of carbonyl (C=O) groups excluding carboxylic acids is 1. The number of hydrogen-bond donors (Lipinski definition) is 1. The molecule has 2 bridgehead atoms. The molecule has 5 atom stereocenters. The summed E-state index contributed by atoms with van der Waals surface area (Å²) in [6, 6.07) is 1.21. The molecule has 3 nitrogen and oxygen atoms in total. The summed E-state index contributed by atoms with van der Waals surface area (Å²) in [6.07, 6.45) is 13.1. The summed E-state index contributed by atoms with van der Waals surface area (Å²) >= 11 is 0. The van der Waals surface area contributed by atoms with Crippen molar-refractivity contribution in [2.45, 2.75) is 82.3 Å². The second kappa shape index (κ2) is 5.57. The van der Waals surface area contributed by atoms with Gasteiger partial charge in [0.2, 0.25) is 5.91 Å². The van der Waals surface area contributed by atoms with Crippen molar-refractivity contribution in [1.82, 2.24) is 10.2 Å². The predicted molar refractivity (Wildman–Crippen MR) is 83.9 cm³/mol. The number of hydrogen-bond acceptors (Lipinski definition) is 2. The van der Waals surface area contributed by atoms with Crippen molar-refractivity contribution in [3.05, 3.63) is 0 Å². The van der Waals surface area contributed by atoms with Crippen LogP contribution in [0.1, 0.15) is 64.2 Å². The van der Waals surface area contributed by atoms with Gasteiger partial charge in [0.25, 0.3) is 0 Å². The molecular weight excluding hydrogens is 260 g/mol. The molecule has 1 N–H and O–H groups in total. The fourth-order valence-electron chi connectivity index (χ4n) is 5.99. The predicted octanol–water partition coefficient (Wildman–Crippen LogP) is 2.94. The van der Waals surface area contributed by atoms with Crippen LogP contribution in [0.5, 0.6) is 0 Å². The minimum Gasteiger partial charge on any atom is -0.335 e. The van der Waals surface area contributed by atoms with E-state index in [-0.39, 0.29) is 6.04 Å². The van der Waals surface area contributed by atoms with Crippen molar-refractivity contribution in [3.63, 3.8) is 0 Å². The van der Waals surface area contributed by atoms with E-state index < -0.39 is 0 Å². The third-order valence-electron chi connectivity index (χ3n) is 6.96. The van der Waals surface area contributed by atoms with Gasteiger partial charge in [0.05, 0.1) is 6.04 Å². The van der Waals surface area contributed by atoms with E-state index in [0.29, 0.717) is 18.0 Å². The minimum absolute atomic E-state index is 0.0789. The highest BCUT2D eigenvalue weighted by Crippen LogP contribution is 2.46. The fourth-order valence-corrected chi connectivity index (χ4v) is 5.99. The summed E-state index contributed by atoms with van der Waals surface area (Å²) in [5.74, 6) is 3.04. The second-order valence-corrected chi connectivity index (χ2v) is 8.09. The molecular formula is C18H30N2O. The van der Waals surface area contributed by atoms with Gasteiger partial charge in [-0.3, -0.25) is 4.79 Å². The SMILES string of the molecule is CNC1CCC2CCCC2N(C2CC3CCC(C3)C2)C1=O. The summed E-state index contributed by atoms with van der Waals surface area (Å²) in [7, 11) is 1.96. The van der Waals surface area contributed by atoms with Gasteiger partial charge >= 0.3 is 0 Å². The summed E-state index contributed by atoms with van der Waals surface area (Å²) in [5, 5.41) is 3.30. The molecule has 1 amide bonds. The molecule has 0 spiro atoms. The molecule has 1 saturated heterocycles. The average molecular weight is 290 g/mol. The number of fused-ring (bicyclic) bond motifs is 3. The molecule has 3 aliphatic carbocycles. The van der Waals surface area contributed by atoms with Gasteiger partial charge in [-0.05, 0) is 69.7 Å². The highest BCUT2D eigenvalue weighted by atomic mass is 16.2. The van der Waals surface area contributed by atoms with E-state index in [2.05, 4.69) is 10.2 Å². The van der Waals surface area contributed by atoms with Crippen molar-refractivity contribution < 1.29 is 4.79 Å². The Morgan fingerprint density at radius 3 is 2.43 bits per heavy atom. The van der Waals surface area contributed by atoms with Gasteiger partial charge in [-0.1, -0.05) is 19.3 Å². The van der Waals surface area contributed by atoms with Crippen LogP contribution in [-0.4, -0.2) is 36.0 Å². The van der Waals surface area contributed by atoms with E-state index in [4.69, 9.17) is 0 Å². The zero-order valence-electron chi connectivity index (χ0n) is 13.4. The van der Waals surface area contributed by atoms with Crippen molar-refractivity contribution in [3.8, 4) is 0 Å². The van der Waals surface area contributed by atoms with Gasteiger partial charge in [0, 0.05) is 12.1 Å². The molecule has 118 valence electrons. The van der Waals surface area contributed by atoms with E-state index >= 15 is 0 Å². The number of rotatable bonds is 2. The van der Waals surface area contributed by atoms with Crippen LogP contribution in [0.4, 0.5) is 0 Å². The molecule has 1 aliphatic heterocycles. The Labute approximate surface area is 128 Å². The molecule has 4 rings (SSSR count). The van der Waals surface area contributed by atoms with Crippen LogP contribution in [0, 0.1) is 17.8 Å². The first-order valence-electron chi connectivity index (χ1n) is 9.25. The molecule has 3 saturated carbocycles. The third kappa shape index (κ3) is 2.42. The maximum Gasteiger partial charge on any atom is 0.240 e. The van der Waals surface area contributed by atoms with E-state index in [1.54, 1.807) is 0 Å². The first-order valence-corrected chi connectivity index (χ1v) is 9.25. The Balaban J connectivity index is 1.60. The summed E-state index contributed by atoms with van der Waals surface area (Å²) in [4.78, 5) is 15.5. The molecule has 21 heavy (non-hydrogen) atoms. The van der Waals surface area contributed by atoms with Crippen LogP contribution >= 0.6 is 0 Å². The van der Waals surface area contributed by atoms with E-state index in [1.807, 2.05) is 7.05 Å². The van der Waals surface area contributed by atoms with Crippen molar-refractivity contribution in [2.75, 3.05) is 7.05 Å². The molecule has 1 heterocycles. The van der Waals surface area contributed by atoms with Gasteiger partial charge < -0.3 is 10.2 Å². The zero-order chi connectivity index (χ0) is 14.4. The molecule has 3 heteroatoms. The van der Waals surface area contributed by atoms with E-state index in [1.165, 1.54) is 57.8 Å². The lowest BCUT2D eigenvalue weighted by Crippen LogP contribution is -2.54. The molecule has 5 unspecified atom stereocenters. The summed E-state index contributed by atoms with van der Waals surface area (Å²) in [5.41, 5.74) is 0. The van der Waals surface area contributed by atoms with Gasteiger partial charge in [-0.25, -0.2) is 0 Å². The number of likely N-dealkylation sites (N-methyl/N-ethyl adjacent to an activating group) is 1. The molecule has 0 aromatic heterocycles. The lowest BCUT2D eigenvalue weighted by atomic mass is 9.83. The highest BCUT2D eigenvalue weighted by molar-refractivity contribution is 5.83. The monoisotopic (exact) mass is 290 g/mol. The van der Waals surface area contributed by atoms with Crippen molar-refractivity contribution in [2.24, 2.45) is 17.8 Å². The van der Waals surface area contributed by atoms with Crippen LogP contribution in [0.2, 0.25) is 0 Å². The van der Waals surface area contributed by atoms with Crippen LogP contribution in [0.3, 0.4) is 0 Å². The number of nitrogens with zero attached hydrogens (tertiary/aromatic N) is 1. The smallest absolute Gasteiger partial charge is 0.240 e. The zero-order valence-corrected chi connectivity index (χ0v) is 13.4. The standard InChI is InChI=1S/C18H30N2O/c1-19-16-8-7-14-3-2-4-17(14)20(18(16)21)15-10-12-5-6-13(9-12)11-15/h12-17,19H,2-11H2,1H3. The third-order valence-corrected chi connectivity index (χ3v) is 6.96. The molecule has 0 radical (unpaired) electrons. The lowest BCUT2D eigenvalue weighted by Gasteiger charge is -2.42. The Bertz CT molecular complexity index is 398. The number of likely N-dealkylation sites (tertiary alicyclic amines) is 1. The Morgan fingerprint density at radius 2 is 1.71 bits per heavy atom. The topological polar surface area (TPSA) is 32.3 Å². The largest absolute Gasteiger partial charge is 0.335 e. The quantitative estimate of drug-likeness (QED) is 0.848. The van der Waals surface area contributed by atoms with Crippen LogP contribution in [0.15, 0.2) is 0 Å². The van der Waals surface area contributed by atoms with Gasteiger partial charge in [-0.15, -0.1) is 0 Å². The van der Waals surface area contributed by atoms with Crippen molar-refractivity contribution >= 4 is 5.91 Å². The molecule has 0 aromatic rings. The normalized spacial score (nSPS) is 46.5. The average Bonchev–Trinajstić information content (AvgIpc) is 3.04. The van der Waals surface area contributed by atoms with E-state index in [0.717, 1.165) is 24.2 Å². The summed E-state index contributed by atoms with van der Waals surface area (Å²) in [6.45, 7) is 0. The minimum atomic E-state index is 0.0789. The van der Waals surface area contributed by atoms with Gasteiger partial charge in [0.15, 0.2) is 0 Å². The number of carbonyl (C=O) groups is 1.